The predicted octanol–water partition coefficient (Wildman–Crippen LogP) is 3.90. The van der Waals surface area contributed by atoms with Gasteiger partial charge in [-0.25, -0.2) is 9.69 Å². The van der Waals surface area contributed by atoms with Gasteiger partial charge in [0.05, 0.1) is 16.4 Å². The Balaban J connectivity index is 1.90. The van der Waals surface area contributed by atoms with Crippen LogP contribution in [-0.2, 0) is 9.59 Å². The summed E-state index contributed by atoms with van der Waals surface area (Å²) in [5, 5.41) is 2.89. The summed E-state index contributed by atoms with van der Waals surface area (Å²) in [6, 6.07) is 10.7. The molecule has 0 bridgehead atoms. The van der Waals surface area contributed by atoms with Gasteiger partial charge in [0.15, 0.2) is 5.92 Å². The maximum absolute atomic E-state index is 12.7. The smallest absolute Gasteiger partial charge is 0.276 e. The topological polar surface area (TPSA) is 78.8 Å². The van der Waals surface area contributed by atoms with E-state index >= 15 is 0 Å². The molecule has 1 N–H and O–H groups in total. The molecule has 4 amide bonds. The fraction of sp³-hybridized carbons (Fsp3) is 0.111. The van der Waals surface area contributed by atoms with E-state index in [2.05, 4.69) is 10.3 Å². The zero-order valence-electron chi connectivity index (χ0n) is 13.6. The minimum Gasteiger partial charge on any atom is -0.276 e. The van der Waals surface area contributed by atoms with Gasteiger partial charge >= 0.3 is 6.03 Å². The van der Waals surface area contributed by atoms with Crippen molar-refractivity contribution < 1.29 is 14.4 Å². The number of anilines is 1. The molecule has 1 aliphatic rings. The fourth-order valence-corrected chi connectivity index (χ4v) is 2.86. The van der Waals surface area contributed by atoms with Crippen LogP contribution in [0.4, 0.5) is 16.2 Å². The normalized spacial score (nSPS) is 17.7. The number of carbonyl (C=O) groups excluding carboxylic acids is 3. The number of nitrogens with zero attached hydrogens (tertiary/aromatic N) is 2. The number of aryl methyl sites for hydroxylation is 1. The SMILES string of the molecule is Cc1ccc(N2C(=O)NC(=O)[C@H](C=Nc3ccc(Cl)cc3Cl)C2=O)cc1. The van der Waals surface area contributed by atoms with Crippen molar-refractivity contribution in [3.8, 4) is 0 Å². The van der Waals surface area contributed by atoms with Gasteiger partial charge in [-0.15, -0.1) is 0 Å². The van der Waals surface area contributed by atoms with Gasteiger partial charge in [-0.1, -0.05) is 40.9 Å². The molecule has 8 heteroatoms. The Morgan fingerprint density at radius 3 is 2.42 bits per heavy atom. The minimum atomic E-state index is -1.25. The van der Waals surface area contributed by atoms with Crippen molar-refractivity contribution in [1.82, 2.24) is 5.32 Å². The molecule has 0 unspecified atom stereocenters. The highest BCUT2D eigenvalue weighted by Gasteiger charge is 2.40. The maximum Gasteiger partial charge on any atom is 0.335 e. The molecule has 26 heavy (non-hydrogen) atoms. The van der Waals surface area contributed by atoms with Crippen LogP contribution in [0.1, 0.15) is 5.56 Å². The second-order valence-corrected chi connectivity index (χ2v) is 6.50. The van der Waals surface area contributed by atoms with Gasteiger partial charge in [0.1, 0.15) is 0 Å². The number of carbonyl (C=O) groups is 3. The Kier molecular flexibility index (Phi) is 5.06. The quantitative estimate of drug-likeness (QED) is 0.638. The molecule has 1 saturated heterocycles. The second kappa shape index (κ2) is 7.27. The number of benzene rings is 2. The van der Waals surface area contributed by atoms with E-state index in [1.807, 2.05) is 6.92 Å². The molecule has 132 valence electrons. The second-order valence-electron chi connectivity index (χ2n) is 5.66. The summed E-state index contributed by atoms with van der Waals surface area (Å²) < 4.78 is 0. The molecule has 1 fully saturated rings. The lowest BCUT2D eigenvalue weighted by molar-refractivity contribution is -0.131. The van der Waals surface area contributed by atoms with E-state index in [4.69, 9.17) is 23.2 Å². The van der Waals surface area contributed by atoms with E-state index in [0.717, 1.165) is 10.5 Å². The van der Waals surface area contributed by atoms with Crippen molar-refractivity contribution in [3.05, 3.63) is 58.1 Å². The molecule has 0 spiro atoms. The summed E-state index contributed by atoms with van der Waals surface area (Å²) in [4.78, 5) is 41.9. The third-order valence-electron chi connectivity index (χ3n) is 3.77. The van der Waals surface area contributed by atoms with Crippen LogP contribution in [-0.4, -0.2) is 24.1 Å². The lowest BCUT2D eigenvalue weighted by Crippen LogP contribution is -2.58. The first-order valence-corrected chi connectivity index (χ1v) is 8.37. The number of imide groups is 2. The van der Waals surface area contributed by atoms with Crippen LogP contribution >= 0.6 is 23.2 Å². The third-order valence-corrected chi connectivity index (χ3v) is 4.30. The molecule has 2 aromatic carbocycles. The third kappa shape index (κ3) is 3.61. The van der Waals surface area contributed by atoms with Gasteiger partial charge < -0.3 is 0 Å². The van der Waals surface area contributed by atoms with Crippen LogP contribution in [0, 0.1) is 12.8 Å². The lowest BCUT2D eigenvalue weighted by Gasteiger charge is -2.28. The first kappa shape index (κ1) is 18.1. The number of amides is 4. The molecule has 3 rings (SSSR count). The molecule has 0 saturated carbocycles. The largest absolute Gasteiger partial charge is 0.335 e. The van der Waals surface area contributed by atoms with Crippen molar-refractivity contribution in [2.45, 2.75) is 6.92 Å². The molecule has 0 aromatic heterocycles. The van der Waals surface area contributed by atoms with Gasteiger partial charge in [0.25, 0.3) is 5.91 Å². The minimum absolute atomic E-state index is 0.281. The summed E-state index contributed by atoms with van der Waals surface area (Å²) in [6.07, 6.45) is 1.17. The Morgan fingerprint density at radius 1 is 1.08 bits per heavy atom. The summed E-state index contributed by atoms with van der Waals surface area (Å²) in [5.41, 5.74) is 1.70. The monoisotopic (exact) mass is 389 g/mol. The Morgan fingerprint density at radius 2 is 1.77 bits per heavy atom. The zero-order chi connectivity index (χ0) is 18.8. The molecule has 1 aliphatic heterocycles. The van der Waals surface area contributed by atoms with Crippen LogP contribution < -0.4 is 10.2 Å². The summed E-state index contributed by atoms with van der Waals surface area (Å²) in [6.45, 7) is 1.89. The highest BCUT2D eigenvalue weighted by atomic mass is 35.5. The number of urea groups is 1. The Labute approximate surface area is 159 Å². The standard InChI is InChI=1S/C18H13Cl2N3O3/c1-10-2-5-12(6-3-10)23-17(25)13(16(24)22-18(23)26)9-21-15-7-4-11(19)8-14(15)20/h2-9,13H,1H3,(H,22,24,26)/t13-/m0/s1. The van der Waals surface area contributed by atoms with Crippen molar-refractivity contribution in [2.75, 3.05) is 4.90 Å². The van der Waals surface area contributed by atoms with Crippen LogP contribution in [0.25, 0.3) is 0 Å². The fourth-order valence-electron chi connectivity index (χ4n) is 2.40. The van der Waals surface area contributed by atoms with Crippen LogP contribution in [0.3, 0.4) is 0 Å². The molecule has 2 aromatic rings. The number of rotatable bonds is 3. The average Bonchev–Trinajstić information content (AvgIpc) is 2.57. The summed E-state index contributed by atoms with van der Waals surface area (Å²) in [7, 11) is 0. The van der Waals surface area contributed by atoms with E-state index in [1.165, 1.54) is 12.3 Å². The van der Waals surface area contributed by atoms with Gasteiger partial charge in [-0.2, -0.15) is 0 Å². The number of hydrogen-bond acceptors (Lipinski definition) is 4. The highest BCUT2D eigenvalue weighted by Crippen LogP contribution is 2.28. The number of aliphatic imine (C=N–C) groups is 1. The Hall–Kier alpha value is -2.70. The van der Waals surface area contributed by atoms with Crippen molar-refractivity contribution in [2.24, 2.45) is 10.9 Å². The number of nitrogens with one attached hydrogen (secondary N) is 1. The van der Waals surface area contributed by atoms with Gasteiger partial charge in [0.2, 0.25) is 5.91 Å². The van der Waals surface area contributed by atoms with E-state index in [9.17, 15) is 14.4 Å². The van der Waals surface area contributed by atoms with Gasteiger partial charge in [-0.05, 0) is 37.3 Å². The van der Waals surface area contributed by atoms with Crippen LogP contribution in [0.5, 0.6) is 0 Å². The molecule has 1 atom stereocenters. The van der Waals surface area contributed by atoms with E-state index in [0.29, 0.717) is 16.4 Å². The number of hydrogen-bond donors (Lipinski definition) is 1. The number of halogens is 2. The molecule has 0 aliphatic carbocycles. The zero-order valence-corrected chi connectivity index (χ0v) is 15.1. The molecule has 6 nitrogen and oxygen atoms in total. The van der Waals surface area contributed by atoms with E-state index in [-0.39, 0.29) is 5.02 Å². The molecule has 1 heterocycles. The maximum atomic E-state index is 12.7. The van der Waals surface area contributed by atoms with Crippen molar-refractivity contribution >= 4 is 58.6 Å². The van der Waals surface area contributed by atoms with Crippen LogP contribution in [0.15, 0.2) is 47.5 Å². The summed E-state index contributed by atoms with van der Waals surface area (Å²) >= 11 is 11.9. The summed E-state index contributed by atoms with van der Waals surface area (Å²) in [5.74, 6) is -2.67. The highest BCUT2D eigenvalue weighted by molar-refractivity contribution is 6.36. The number of barbiturate groups is 1. The average molecular weight is 390 g/mol. The first-order valence-electron chi connectivity index (χ1n) is 7.61. The lowest BCUT2D eigenvalue weighted by atomic mass is 10.1. The van der Waals surface area contributed by atoms with Gasteiger partial charge in [-0.3, -0.25) is 19.9 Å². The Bertz CT molecular complexity index is 926. The predicted molar refractivity (Wildman–Crippen MR) is 100 cm³/mol. The molecular formula is C18H13Cl2N3O3. The van der Waals surface area contributed by atoms with Crippen molar-refractivity contribution in [3.63, 3.8) is 0 Å². The molecular weight excluding hydrogens is 377 g/mol. The van der Waals surface area contributed by atoms with Crippen molar-refractivity contribution in [1.29, 1.82) is 0 Å². The van der Waals surface area contributed by atoms with E-state index < -0.39 is 23.8 Å². The van der Waals surface area contributed by atoms with Crippen LogP contribution in [0.2, 0.25) is 10.0 Å². The van der Waals surface area contributed by atoms with E-state index in [1.54, 1.807) is 36.4 Å². The molecule has 0 radical (unpaired) electrons. The first-order chi connectivity index (χ1) is 12.4. The van der Waals surface area contributed by atoms with Gasteiger partial charge in [0, 0.05) is 11.2 Å².